The van der Waals surface area contributed by atoms with Crippen LogP contribution in [0.15, 0.2) is 24.7 Å². The summed E-state index contributed by atoms with van der Waals surface area (Å²) in [6.07, 6.45) is 6.38. The molecule has 0 aliphatic heterocycles. The Balaban J connectivity index is 2.34. The second-order valence-electron chi connectivity index (χ2n) is 4.35. The first kappa shape index (κ1) is 12.2. The molecule has 0 saturated heterocycles. The van der Waals surface area contributed by atoms with Gasteiger partial charge in [-0.1, -0.05) is 6.92 Å². The fraction of sp³-hybridized carbons (Fsp3) is 0.308. The Hall–Kier alpha value is -1.88. The predicted molar refractivity (Wildman–Crippen MR) is 74.6 cm³/mol. The van der Waals surface area contributed by atoms with Crippen molar-refractivity contribution < 1.29 is 0 Å². The molecule has 0 fully saturated rings. The molecule has 3 aromatic heterocycles. The van der Waals surface area contributed by atoms with E-state index in [0.29, 0.717) is 5.88 Å². The zero-order valence-electron chi connectivity index (χ0n) is 10.8. The summed E-state index contributed by atoms with van der Waals surface area (Å²) in [4.78, 5) is 8.63. The van der Waals surface area contributed by atoms with Gasteiger partial charge in [-0.05, 0) is 12.5 Å². The van der Waals surface area contributed by atoms with Gasteiger partial charge in [0.1, 0.15) is 11.3 Å². The zero-order chi connectivity index (χ0) is 13.4. The molecule has 98 valence electrons. The van der Waals surface area contributed by atoms with Crippen LogP contribution in [0.3, 0.4) is 0 Å². The number of aromatic nitrogens is 5. The SMILES string of the molecule is CCc1nn(C)cc1-n1c(CCl)nc2cnccc21. The fourth-order valence-electron chi connectivity index (χ4n) is 2.30. The Morgan fingerprint density at radius 3 is 2.95 bits per heavy atom. The standard InChI is InChI=1S/C13H14ClN5/c1-3-9-12(8-18(2)17-9)19-11-4-5-15-7-10(11)16-13(19)6-14/h4-5,7-8H,3,6H2,1-2H3. The van der Waals surface area contributed by atoms with Crippen molar-refractivity contribution in [1.82, 2.24) is 24.3 Å². The lowest BCUT2D eigenvalue weighted by Crippen LogP contribution is -2.01. The number of fused-ring (bicyclic) bond motifs is 1. The molecule has 19 heavy (non-hydrogen) atoms. The van der Waals surface area contributed by atoms with Gasteiger partial charge in [-0.15, -0.1) is 11.6 Å². The molecule has 3 rings (SSSR count). The largest absolute Gasteiger partial charge is 0.292 e. The van der Waals surface area contributed by atoms with Gasteiger partial charge < -0.3 is 0 Å². The second kappa shape index (κ2) is 4.66. The highest BCUT2D eigenvalue weighted by molar-refractivity contribution is 6.17. The van der Waals surface area contributed by atoms with E-state index in [1.54, 1.807) is 12.4 Å². The molecule has 0 spiro atoms. The van der Waals surface area contributed by atoms with Gasteiger partial charge in [-0.3, -0.25) is 14.2 Å². The lowest BCUT2D eigenvalue weighted by atomic mass is 10.3. The van der Waals surface area contributed by atoms with Crippen LogP contribution >= 0.6 is 11.6 Å². The molecule has 6 heteroatoms. The van der Waals surface area contributed by atoms with E-state index in [0.717, 1.165) is 34.7 Å². The summed E-state index contributed by atoms with van der Waals surface area (Å²) in [7, 11) is 1.92. The van der Waals surface area contributed by atoms with E-state index in [1.165, 1.54) is 0 Å². The monoisotopic (exact) mass is 275 g/mol. The van der Waals surface area contributed by atoms with E-state index >= 15 is 0 Å². The van der Waals surface area contributed by atoms with Crippen LogP contribution in [-0.4, -0.2) is 24.3 Å². The maximum Gasteiger partial charge on any atom is 0.129 e. The van der Waals surface area contributed by atoms with Crippen molar-refractivity contribution in [3.63, 3.8) is 0 Å². The van der Waals surface area contributed by atoms with Gasteiger partial charge in [0, 0.05) is 19.4 Å². The third-order valence-corrected chi connectivity index (χ3v) is 3.34. The van der Waals surface area contributed by atoms with Gasteiger partial charge in [0.15, 0.2) is 0 Å². The summed E-state index contributed by atoms with van der Waals surface area (Å²) in [6, 6.07) is 1.95. The molecule has 0 aromatic carbocycles. The number of nitrogens with zero attached hydrogens (tertiary/aromatic N) is 5. The molecular weight excluding hydrogens is 262 g/mol. The molecule has 0 atom stereocenters. The van der Waals surface area contributed by atoms with Crippen LogP contribution in [0.4, 0.5) is 0 Å². The minimum absolute atomic E-state index is 0.354. The highest BCUT2D eigenvalue weighted by Crippen LogP contribution is 2.24. The Morgan fingerprint density at radius 2 is 2.21 bits per heavy atom. The molecule has 0 bridgehead atoms. The highest BCUT2D eigenvalue weighted by atomic mass is 35.5. The van der Waals surface area contributed by atoms with Crippen LogP contribution in [0, 0.1) is 0 Å². The maximum atomic E-state index is 6.02. The quantitative estimate of drug-likeness (QED) is 0.690. The fourth-order valence-corrected chi connectivity index (χ4v) is 2.48. The zero-order valence-corrected chi connectivity index (χ0v) is 11.6. The van der Waals surface area contributed by atoms with Crippen LogP contribution in [-0.2, 0) is 19.3 Å². The van der Waals surface area contributed by atoms with E-state index < -0.39 is 0 Å². The number of hydrogen-bond acceptors (Lipinski definition) is 3. The van der Waals surface area contributed by atoms with Crippen molar-refractivity contribution >= 4 is 22.6 Å². The smallest absolute Gasteiger partial charge is 0.129 e. The molecule has 3 heterocycles. The Labute approximate surface area is 115 Å². The maximum absolute atomic E-state index is 6.02. The normalized spacial score (nSPS) is 11.3. The van der Waals surface area contributed by atoms with Gasteiger partial charge in [-0.25, -0.2) is 4.98 Å². The number of aryl methyl sites for hydroxylation is 2. The first-order valence-electron chi connectivity index (χ1n) is 6.14. The summed E-state index contributed by atoms with van der Waals surface area (Å²) in [5, 5.41) is 4.48. The summed E-state index contributed by atoms with van der Waals surface area (Å²) in [5.41, 5.74) is 3.93. The van der Waals surface area contributed by atoms with E-state index in [1.807, 2.05) is 24.0 Å². The van der Waals surface area contributed by atoms with Crippen LogP contribution in [0.5, 0.6) is 0 Å². The van der Waals surface area contributed by atoms with Crippen molar-refractivity contribution in [2.75, 3.05) is 0 Å². The minimum atomic E-state index is 0.354. The lowest BCUT2D eigenvalue weighted by molar-refractivity contribution is 0.746. The number of pyridine rings is 1. The molecule has 0 amide bonds. The summed E-state index contributed by atoms with van der Waals surface area (Å²) in [6.45, 7) is 2.09. The Kier molecular flexibility index (Phi) is 2.98. The van der Waals surface area contributed by atoms with Crippen LogP contribution in [0.1, 0.15) is 18.4 Å². The van der Waals surface area contributed by atoms with Crippen molar-refractivity contribution in [2.24, 2.45) is 7.05 Å². The average molecular weight is 276 g/mol. The average Bonchev–Trinajstić information content (AvgIpc) is 2.97. The third-order valence-electron chi connectivity index (χ3n) is 3.10. The number of halogens is 1. The minimum Gasteiger partial charge on any atom is -0.292 e. The number of alkyl halides is 1. The van der Waals surface area contributed by atoms with Crippen LogP contribution in [0.2, 0.25) is 0 Å². The van der Waals surface area contributed by atoms with E-state index in [2.05, 4.69) is 26.6 Å². The van der Waals surface area contributed by atoms with Gasteiger partial charge >= 0.3 is 0 Å². The topological polar surface area (TPSA) is 48.5 Å². The van der Waals surface area contributed by atoms with Gasteiger partial charge in [0.05, 0.1) is 29.0 Å². The molecule has 0 saturated carbocycles. The van der Waals surface area contributed by atoms with Crippen LogP contribution in [0.25, 0.3) is 16.7 Å². The van der Waals surface area contributed by atoms with Gasteiger partial charge in [0.25, 0.3) is 0 Å². The first-order valence-corrected chi connectivity index (χ1v) is 6.68. The molecule has 0 radical (unpaired) electrons. The molecule has 5 nitrogen and oxygen atoms in total. The molecule has 0 N–H and O–H groups in total. The number of rotatable bonds is 3. The predicted octanol–water partition coefficient (Wildman–Crippen LogP) is 2.46. The Morgan fingerprint density at radius 1 is 1.37 bits per heavy atom. The number of hydrogen-bond donors (Lipinski definition) is 0. The third kappa shape index (κ3) is 1.90. The summed E-state index contributed by atoms with van der Waals surface area (Å²) in [5.74, 6) is 1.17. The van der Waals surface area contributed by atoms with E-state index in [4.69, 9.17) is 11.6 Å². The second-order valence-corrected chi connectivity index (χ2v) is 4.62. The highest BCUT2D eigenvalue weighted by Gasteiger charge is 2.16. The van der Waals surface area contributed by atoms with E-state index in [9.17, 15) is 0 Å². The molecule has 0 unspecified atom stereocenters. The first-order chi connectivity index (χ1) is 9.24. The Bertz CT molecular complexity index is 728. The van der Waals surface area contributed by atoms with E-state index in [-0.39, 0.29) is 0 Å². The van der Waals surface area contributed by atoms with Crippen molar-refractivity contribution in [1.29, 1.82) is 0 Å². The van der Waals surface area contributed by atoms with Crippen LogP contribution < -0.4 is 0 Å². The van der Waals surface area contributed by atoms with Crippen molar-refractivity contribution in [3.05, 3.63) is 36.2 Å². The molecule has 0 aliphatic carbocycles. The van der Waals surface area contributed by atoms with Gasteiger partial charge in [0.2, 0.25) is 0 Å². The molecule has 0 aliphatic rings. The number of imidazole rings is 1. The summed E-state index contributed by atoms with van der Waals surface area (Å²) < 4.78 is 3.88. The van der Waals surface area contributed by atoms with Crippen molar-refractivity contribution in [3.8, 4) is 5.69 Å². The molecule has 3 aromatic rings. The lowest BCUT2D eigenvalue weighted by Gasteiger charge is -2.06. The van der Waals surface area contributed by atoms with Gasteiger partial charge in [-0.2, -0.15) is 5.10 Å². The van der Waals surface area contributed by atoms with Crippen molar-refractivity contribution in [2.45, 2.75) is 19.2 Å². The molecular formula is C13H14ClN5. The summed E-state index contributed by atoms with van der Waals surface area (Å²) >= 11 is 6.02.